The van der Waals surface area contributed by atoms with Crippen LogP contribution in [0.4, 0.5) is 0 Å². The van der Waals surface area contributed by atoms with E-state index >= 15 is 0 Å². The number of aryl methyl sites for hydroxylation is 4. The van der Waals surface area contributed by atoms with Crippen molar-refractivity contribution in [3.63, 3.8) is 0 Å². The van der Waals surface area contributed by atoms with Crippen LogP contribution in [0.1, 0.15) is 53.5 Å². The molecule has 0 aliphatic carbocycles. The molecule has 2 aromatic rings. The Labute approximate surface area is 104 Å². The Morgan fingerprint density at radius 1 is 0.882 bits per heavy atom. The number of rotatable bonds is 1. The van der Waals surface area contributed by atoms with Crippen LogP contribution in [-0.2, 0) is 0 Å². The predicted molar refractivity (Wildman–Crippen MR) is 73.0 cm³/mol. The molecule has 0 bridgehead atoms. The molecule has 0 spiro atoms. The molecule has 2 aromatic heterocycles. The number of hydrogen-bond acceptors (Lipinski definition) is 1. The van der Waals surface area contributed by atoms with Gasteiger partial charge in [-0.05, 0) is 57.2 Å². The van der Waals surface area contributed by atoms with Crippen molar-refractivity contribution >= 4 is 5.65 Å². The van der Waals surface area contributed by atoms with Crippen molar-refractivity contribution in [2.24, 2.45) is 0 Å². The molecule has 2 heteroatoms. The zero-order chi connectivity index (χ0) is 12.9. The lowest BCUT2D eigenvalue weighted by atomic mass is 10.00. The van der Waals surface area contributed by atoms with Gasteiger partial charge in [-0.15, -0.1) is 0 Å². The summed E-state index contributed by atoms with van der Waals surface area (Å²) in [5, 5.41) is 0. The fourth-order valence-corrected chi connectivity index (χ4v) is 2.91. The smallest absolute Gasteiger partial charge is 0.140 e. The summed E-state index contributed by atoms with van der Waals surface area (Å²) in [5.41, 5.74) is 9.02. The Hall–Kier alpha value is -1.31. The SMILES string of the molecule is Cc1nc2c(C)c(C)c(C)n2c(C)c1C(C)C. The standard InChI is InChI=1S/C15H22N2/c1-8(2)14-11(5)16-15-10(4)9(3)12(6)17(15)13(14)7/h8H,1-7H3. The minimum atomic E-state index is 0.523. The average molecular weight is 230 g/mol. The summed E-state index contributed by atoms with van der Waals surface area (Å²) < 4.78 is 2.31. The highest BCUT2D eigenvalue weighted by Crippen LogP contribution is 2.28. The van der Waals surface area contributed by atoms with Crippen LogP contribution in [0.2, 0.25) is 0 Å². The van der Waals surface area contributed by atoms with Crippen molar-refractivity contribution in [2.45, 2.75) is 54.4 Å². The van der Waals surface area contributed by atoms with Gasteiger partial charge in [0.15, 0.2) is 0 Å². The molecule has 0 atom stereocenters. The Bertz CT molecular complexity index is 589. The molecule has 0 unspecified atom stereocenters. The van der Waals surface area contributed by atoms with Crippen molar-refractivity contribution < 1.29 is 0 Å². The molecule has 0 amide bonds. The van der Waals surface area contributed by atoms with Crippen LogP contribution in [0, 0.1) is 34.6 Å². The van der Waals surface area contributed by atoms with E-state index in [1.54, 1.807) is 0 Å². The highest BCUT2D eigenvalue weighted by atomic mass is 15.0. The van der Waals surface area contributed by atoms with Gasteiger partial charge in [-0.3, -0.25) is 0 Å². The van der Waals surface area contributed by atoms with Gasteiger partial charge in [-0.2, -0.15) is 0 Å². The molecule has 0 aliphatic heterocycles. The largest absolute Gasteiger partial charge is 0.302 e. The van der Waals surface area contributed by atoms with E-state index in [4.69, 9.17) is 4.98 Å². The van der Waals surface area contributed by atoms with Gasteiger partial charge in [0, 0.05) is 17.1 Å². The third-order valence-corrected chi connectivity index (χ3v) is 3.95. The third-order valence-electron chi connectivity index (χ3n) is 3.95. The maximum atomic E-state index is 4.80. The molecule has 2 nitrogen and oxygen atoms in total. The Morgan fingerprint density at radius 3 is 2.00 bits per heavy atom. The highest BCUT2D eigenvalue weighted by molar-refractivity contribution is 5.58. The topological polar surface area (TPSA) is 17.3 Å². The Morgan fingerprint density at radius 2 is 1.47 bits per heavy atom. The van der Waals surface area contributed by atoms with E-state index in [9.17, 15) is 0 Å². The second-order valence-corrected chi connectivity index (χ2v) is 5.35. The molecule has 0 saturated carbocycles. The molecule has 0 aliphatic rings. The van der Waals surface area contributed by atoms with E-state index in [-0.39, 0.29) is 0 Å². The number of hydrogen-bond donors (Lipinski definition) is 0. The molecule has 17 heavy (non-hydrogen) atoms. The zero-order valence-electron chi connectivity index (χ0n) is 12.0. The van der Waals surface area contributed by atoms with E-state index in [1.807, 2.05) is 0 Å². The second kappa shape index (κ2) is 3.86. The number of nitrogens with zero attached hydrogens (tertiary/aromatic N) is 2. The first kappa shape index (κ1) is 12.2. The van der Waals surface area contributed by atoms with E-state index in [1.165, 1.54) is 33.8 Å². The molecule has 0 N–H and O–H groups in total. The second-order valence-electron chi connectivity index (χ2n) is 5.35. The van der Waals surface area contributed by atoms with Crippen LogP contribution in [0.5, 0.6) is 0 Å². The van der Waals surface area contributed by atoms with E-state index < -0.39 is 0 Å². The maximum Gasteiger partial charge on any atom is 0.140 e. The molecule has 0 saturated heterocycles. The van der Waals surface area contributed by atoms with Gasteiger partial charge < -0.3 is 4.40 Å². The minimum Gasteiger partial charge on any atom is -0.302 e. The van der Waals surface area contributed by atoms with Crippen LogP contribution in [0.15, 0.2) is 0 Å². The molecular formula is C15H22N2. The quantitative estimate of drug-likeness (QED) is 0.723. The van der Waals surface area contributed by atoms with E-state index in [0.717, 1.165) is 5.65 Å². The lowest BCUT2D eigenvalue weighted by Crippen LogP contribution is -2.06. The Balaban J connectivity index is 2.98. The molecule has 2 rings (SSSR count). The van der Waals surface area contributed by atoms with Gasteiger partial charge in [0.1, 0.15) is 5.65 Å². The van der Waals surface area contributed by atoms with Crippen molar-refractivity contribution in [1.29, 1.82) is 0 Å². The van der Waals surface area contributed by atoms with Gasteiger partial charge in [-0.25, -0.2) is 4.98 Å². The van der Waals surface area contributed by atoms with E-state index in [0.29, 0.717) is 5.92 Å². The van der Waals surface area contributed by atoms with Gasteiger partial charge in [0.2, 0.25) is 0 Å². The maximum absolute atomic E-state index is 4.80. The monoisotopic (exact) mass is 230 g/mol. The summed E-state index contributed by atoms with van der Waals surface area (Å²) >= 11 is 0. The van der Waals surface area contributed by atoms with Crippen molar-refractivity contribution in [2.75, 3.05) is 0 Å². The summed E-state index contributed by atoms with van der Waals surface area (Å²) in [5.74, 6) is 0.523. The summed E-state index contributed by atoms with van der Waals surface area (Å²) in [4.78, 5) is 4.80. The molecule has 0 aromatic carbocycles. The van der Waals surface area contributed by atoms with Gasteiger partial charge in [0.25, 0.3) is 0 Å². The predicted octanol–water partition coefficient (Wildman–Crippen LogP) is 4.00. The first-order valence-electron chi connectivity index (χ1n) is 6.31. The summed E-state index contributed by atoms with van der Waals surface area (Å²) in [7, 11) is 0. The molecule has 0 radical (unpaired) electrons. The third kappa shape index (κ3) is 1.58. The summed E-state index contributed by atoms with van der Waals surface area (Å²) in [6, 6.07) is 0. The molecular weight excluding hydrogens is 208 g/mol. The van der Waals surface area contributed by atoms with Crippen molar-refractivity contribution in [1.82, 2.24) is 9.38 Å². The number of fused-ring (bicyclic) bond motifs is 1. The summed E-state index contributed by atoms with van der Waals surface area (Å²) in [6.45, 7) is 15.3. The van der Waals surface area contributed by atoms with Crippen LogP contribution < -0.4 is 0 Å². The number of aromatic nitrogens is 2. The van der Waals surface area contributed by atoms with Crippen LogP contribution >= 0.6 is 0 Å². The molecule has 0 fully saturated rings. The van der Waals surface area contributed by atoms with Crippen LogP contribution in [-0.4, -0.2) is 9.38 Å². The molecule has 2 heterocycles. The van der Waals surface area contributed by atoms with Gasteiger partial charge in [-0.1, -0.05) is 13.8 Å². The summed E-state index contributed by atoms with van der Waals surface area (Å²) in [6.07, 6.45) is 0. The lowest BCUT2D eigenvalue weighted by molar-refractivity contribution is 0.802. The highest BCUT2D eigenvalue weighted by Gasteiger charge is 2.17. The van der Waals surface area contributed by atoms with E-state index in [2.05, 4.69) is 52.9 Å². The average Bonchev–Trinajstić information content (AvgIpc) is 2.43. The zero-order valence-corrected chi connectivity index (χ0v) is 12.0. The minimum absolute atomic E-state index is 0.523. The fraction of sp³-hybridized carbons (Fsp3) is 0.533. The normalized spacial score (nSPS) is 11.8. The first-order valence-corrected chi connectivity index (χ1v) is 6.31. The van der Waals surface area contributed by atoms with Crippen molar-refractivity contribution in [3.05, 3.63) is 33.8 Å². The Kier molecular flexibility index (Phi) is 2.76. The lowest BCUT2D eigenvalue weighted by Gasteiger charge is -2.16. The van der Waals surface area contributed by atoms with Crippen molar-refractivity contribution in [3.8, 4) is 0 Å². The van der Waals surface area contributed by atoms with Crippen LogP contribution in [0.3, 0.4) is 0 Å². The van der Waals surface area contributed by atoms with Gasteiger partial charge >= 0.3 is 0 Å². The first-order chi connectivity index (χ1) is 7.86. The fourth-order valence-electron chi connectivity index (χ4n) is 2.91. The molecule has 92 valence electrons. The van der Waals surface area contributed by atoms with Crippen LogP contribution in [0.25, 0.3) is 5.65 Å². The van der Waals surface area contributed by atoms with Gasteiger partial charge in [0.05, 0.1) is 0 Å².